The van der Waals surface area contributed by atoms with E-state index in [1.807, 2.05) is 134 Å². The second kappa shape index (κ2) is 46.3. The molecule has 14 nitrogen and oxygen atoms in total. The first kappa shape index (κ1) is 100. The number of aromatic nitrogens is 9. The van der Waals surface area contributed by atoms with Gasteiger partial charge in [-0.1, -0.05) is 294 Å². The molecule has 0 amide bonds. The zero-order chi connectivity index (χ0) is 96.1. The predicted octanol–water partition coefficient (Wildman–Crippen LogP) is 32.0. The molecule has 0 radical (unpaired) electrons. The molecule has 0 aliphatic carbocycles. The van der Waals surface area contributed by atoms with Crippen LogP contribution in [-0.2, 0) is 68.0 Å². The summed E-state index contributed by atoms with van der Waals surface area (Å²) in [5.74, 6) is 2.28. The van der Waals surface area contributed by atoms with Crippen molar-refractivity contribution in [3.8, 4) is 124 Å². The molecule has 0 atom stereocenters. The van der Waals surface area contributed by atoms with Crippen molar-refractivity contribution in [1.82, 2.24) is 44.0 Å². The topological polar surface area (TPSA) is 165 Å². The Labute approximate surface area is 877 Å². The number of nitrogens with zero attached hydrogens (tertiary/aromatic N) is 11. The molecule has 23 aromatic rings. The second-order valence-corrected chi connectivity index (χ2v) is 35.0. The van der Waals surface area contributed by atoms with Crippen LogP contribution in [0.1, 0.15) is 56.9 Å². The van der Waals surface area contributed by atoms with Gasteiger partial charge in [-0.15, -0.1) is 107 Å². The van der Waals surface area contributed by atoms with Gasteiger partial charge in [-0.2, -0.15) is 0 Å². The number of benzene rings is 14. The summed E-state index contributed by atoms with van der Waals surface area (Å²) in [6, 6.07) is 146. The number of aryl methyl sites for hydroxylation is 4. The number of hydrogen-bond donors (Lipinski definition) is 1. The number of rotatable bonds is 14. The molecule has 0 saturated carbocycles. The Hall–Kier alpha value is -15.5. The van der Waals surface area contributed by atoms with Gasteiger partial charge in [0.05, 0.1) is 11.2 Å². The minimum Gasteiger partial charge on any atom is -0.658 e. The van der Waals surface area contributed by atoms with Crippen LogP contribution in [0.25, 0.3) is 183 Å². The van der Waals surface area contributed by atoms with Gasteiger partial charge in [0.15, 0.2) is 17.3 Å². The number of aliphatic carboxylic acids is 1. The number of hydrogen-bond acceptors (Lipinski definition) is 9. The smallest absolute Gasteiger partial charge is 0.658 e. The van der Waals surface area contributed by atoms with E-state index in [1.165, 1.54) is 88.3 Å². The number of carbonyl (C=O) groups is 1. The monoisotopic (exact) mass is 2400 g/mol. The molecule has 0 bridgehead atoms. The van der Waals surface area contributed by atoms with Crippen molar-refractivity contribution in [2.75, 3.05) is 4.90 Å². The third-order valence-electron chi connectivity index (χ3n) is 24.5. The Morgan fingerprint density at radius 3 is 1.27 bits per heavy atom. The van der Waals surface area contributed by atoms with Gasteiger partial charge in [0.25, 0.3) is 5.97 Å². The normalized spacial score (nSPS) is 11.1. The van der Waals surface area contributed by atoms with Gasteiger partial charge in [-0.05, 0) is 246 Å². The summed E-state index contributed by atoms with van der Waals surface area (Å²) in [5.41, 5.74) is 34.0. The van der Waals surface area contributed by atoms with Crippen LogP contribution in [0.3, 0.4) is 0 Å². The Bertz CT molecular complexity index is 8180. The molecule has 24 rings (SSSR count). The van der Waals surface area contributed by atoms with Crippen molar-refractivity contribution in [2.45, 2.75) is 74.4 Å². The van der Waals surface area contributed by atoms with Crippen molar-refractivity contribution in [3.63, 3.8) is 0 Å². The first-order chi connectivity index (χ1) is 68.5. The third-order valence-corrected chi connectivity index (χ3v) is 24.5. The van der Waals surface area contributed by atoms with Crippen LogP contribution in [0.2, 0.25) is 0 Å². The molecule has 1 aliphatic heterocycles. The molecule has 143 heavy (non-hydrogen) atoms. The van der Waals surface area contributed by atoms with E-state index in [0.29, 0.717) is 17.8 Å². The van der Waals surface area contributed by atoms with Crippen molar-refractivity contribution < 1.29 is 77.8 Å². The summed E-state index contributed by atoms with van der Waals surface area (Å²) < 4.78 is 10.5. The summed E-state index contributed by atoms with van der Waals surface area (Å²) in [6.45, 7) is 18.2. The van der Waals surface area contributed by atoms with Crippen molar-refractivity contribution in [2.24, 2.45) is 0 Å². The van der Waals surface area contributed by atoms with Gasteiger partial charge < -0.3 is 49.1 Å². The number of ether oxygens (including phenoxy) is 1. The van der Waals surface area contributed by atoms with Gasteiger partial charge in [0.2, 0.25) is 0 Å². The first-order valence-corrected chi connectivity index (χ1v) is 47.0. The molecule has 9 aromatic heterocycles. The van der Waals surface area contributed by atoms with Gasteiger partial charge in [-0.3, -0.25) is 4.79 Å². The molecule has 1 aliphatic rings. The molecule has 17 heteroatoms. The largest absolute Gasteiger partial charge is 2.00 e. The maximum atomic E-state index is 9.00. The molecule has 0 unspecified atom stereocenters. The van der Waals surface area contributed by atoms with Crippen molar-refractivity contribution in [3.05, 3.63) is 471 Å². The molecule has 14 aromatic carbocycles. The Morgan fingerprint density at radius 2 is 0.741 bits per heavy atom. The van der Waals surface area contributed by atoms with Crippen LogP contribution < -0.4 is 14.6 Å². The van der Waals surface area contributed by atoms with E-state index < -0.39 is 5.97 Å². The number of fused-ring (bicyclic) bond motifs is 11. The fraction of sp³-hybridized carbons (Fsp3) is 0.0873. The fourth-order valence-corrected chi connectivity index (χ4v) is 18.6. The summed E-state index contributed by atoms with van der Waals surface area (Å²) in [5, 5.41) is 18.9. The fourth-order valence-electron chi connectivity index (χ4n) is 18.6. The molecule has 1 N–H and O–H groups in total. The molecule has 708 valence electrons. The Kier molecular flexibility index (Phi) is 32.5. The van der Waals surface area contributed by atoms with Crippen molar-refractivity contribution in [1.29, 1.82) is 0 Å². The average Bonchev–Trinajstić information content (AvgIpc) is 1.57. The maximum absolute atomic E-state index is 9.00. The SMILES string of the molecule is CC(=O)O.CC(C)[N-]C(C)C.Cc1cc(-c2ccccc2)cc(C)c1-c1ccnc(-c2[c-]c(-n3c4ccccc4c4cccnc43)ccc2)c1.Cc1cc(-c2ccccc2)cc(C)c1-c1ccnc(-c2[c-]c3c(cc2)c2ccccc2n3-c2ccccn2)c1.[Pt+2].[Pt+2].[Pt].[c-]1c(-c2cc(-c3ccc(-c4ccccc4)cc3)ccn2)cccc1N1c2ccccc2Oc2cccnc21.c1ccc2c(c1)[n-]c1ccccc12. The van der Waals surface area contributed by atoms with E-state index >= 15 is 0 Å². The summed E-state index contributed by atoms with van der Waals surface area (Å²) in [4.78, 5) is 43.8. The third kappa shape index (κ3) is 22.6. The van der Waals surface area contributed by atoms with E-state index in [1.54, 1.807) is 6.20 Å². The van der Waals surface area contributed by atoms with Crippen LogP contribution in [0.15, 0.2) is 425 Å². The summed E-state index contributed by atoms with van der Waals surface area (Å²) in [7, 11) is 0. The zero-order valence-corrected chi connectivity index (χ0v) is 87.0. The molecular weight excluding hydrogens is 2300 g/mol. The van der Waals surface area contributed by atoms with Crippen LogP contribution in [0, 0.1) is 45.9 Å². The molecule has 0 saturated heterocycles. The number of anilines is 3. The van der Waals surface area contributed by atoms with Gasteiger partial charge in [-0.25, -0.2) is 15.0 Å². The van der Waals surface area contributed by atoms with Gasteiger partial charge in [0.1, 0.15) is 11.5 Å². The van der Waals surface area contributed by atoms with E-state index in [0.717, 1.165) is 141 Å². The summed E-state index contributed by atoms with van der Waals surface area (Å²) in [6.07, 6.45) is 11.1. The van der Waals surface area contributed by atoms with E-state index in [2.05, 4.69) is 398 Å². The van der Waals surface area contributed by atoms with E-state index in [-0.39, 0.29) is 63.2 Å². The predicted molar refractivity (Wildman–Crippen MR) is 576 cm³/mol. The average molecular weight is 2400 g/mol. The van der Waals surface area contributed by atoms with Crippen LogP contribution in [-0.4, -0.2) is 62.2 Å². The molecular formula is C126H100N11O3Pt3-. The molecule has 0 spiro atoms. The van der Waals surface area contributed by atoms with Gasteiger partial charge in [0, 0.05) is 81.5 Å². The van der Waals surface area contributed by atoms with Crippen LogP contribution >= 0.6 is 0 Å². The summed E-state index contributed by atoms with van der Waals surface area (Å²) >= 11 is 0. The Morgan fingerprint density at radius 1 is 0.336 bits per heavy atom. The first-order valence-electron chi connectivity index (χ1n) is 47.0. The van der Waals surface area contributed by atoms with Gasteiger partial charge >= 0.3 is 42.1 Å². The van der Waals surface area contributed by atoms with Crippen LogP contribution in [0.4, 0.5) is 17.2 Å². The second-order valence-electron chi connectivity index (χ2n) is 35.0. The van der Waals surface area contributed by atoms with Crippen LogP contribution in [0.5, 0.6) is 11.5 Å². The zero-order valence-electron chi connectivity index (χ0n) is 80.2. The Balaban J connectivity index is 0.000000136. The molecule has 0 fully saturated rings. The number of carboxylic acids is 1. The quantitative estimate of drug-likeness (QED) is 0.103. The number of carboxylic acid groups (broad SMARTS) is 1. The minimum absolute atomic E-state index is 0. The maximum Gasteiger partial charge on any atom is 2.00 e. The van der Waals surface area contributed by atoms with Crippen molar-refractivity contribution >= 4 is 88.7 Å². The standard InChI is InChI=1S/2C36H26N3.C34H22N3O.C12H8N.C6H14N.C2H4O2.3Pt/c1-24-20-29(26-10-4-3-5-11-26)21-25(2)35(24)28-17-19-37-33(23-28)27-12-8-13-30(22-27)39-34-16-7-6-14-31(34)32-15-9-18-38-36(32)39;1-24-20-29(26-10-4-3-5-11-26)21-25(2)36(24)28-17-19-37-32(22-28)27-15-16-31-30-12-6-7-13-33(30)39(34(31)23-27)35-14-8-9-18-38-35;1-2-8-24(9-3-1)25-15-17-26(18-16-25)27-19-21-35-30(23-27)28-10-6-11-29(22-28)37-31-12-4-5-13-32(31)38-33-14-7-20-36-34(33)37;1-3-7-11-9(5-1)10-6-2-4-8-12(10)13-11;1-5(2)7-6(3)4;1-2(3)4;;;/h3-21,23H,1-2H3;3-22H,1-2H3;1-21,23H;1-8H;5-6H,1-4H3;1H3,(H,3,4);;;/q5*-1;;;2*+2. The van der Waals surface area contributed by atoms with E-state index in [4.69, 9.17) is 29.6 Å². The number of pyridine rings is 6. The number of para-hydroxylation sites is 6. The minimum atomic E-state index is -0.833. The van der Waals surface area contributed by atoms with E-state index in [9.17, 15) is 0 Å². The molecule has 10 heterocycles.